The van der Waals surface area contributed by atoms with E-state index in [4.69, 9.17) is 5.26 Å². The minimum atomic E-state index is -0.410. The fraction of sp³-hybridized carbons (Fsp3) is 0.333. The summed E-state index contributed by atoms with van der Waals surface area (Å²) in [6.45, 7) is 2.61. The Kier molecular flexibility index (Phi) is 4.80. The highest BCUT2D eigenvalue weighted by Crippen LogP contribution is 2.26. The average molecular weight is 337 g/mol. The first-order valence-electron chi connectivity index (χ1n) is 8.16. The third-order valence-electron chi connectivity index (χ3n) is 4.15. The summed E-state index contributed by atoms with van der Waals surface area (Å²) in [6, 6.07) is 13.2. The van der Waals surface area contributed by atoms with Gasteiger partial charge in [0.05, 0.1) is 30.6 Å². The number of benzene rings is 1. The van der Waals surface area contributed by atoms with Gasteiger partial charge in [-0.2, -0.15) is 10.4 Å². The highest BCUT2D eigenvalue weighted by Gasteiger charge is 2.35. The second-order valence-corrected chi connectivity index (χ2v) is 6.03. The number of nitrogens with zero attached hydrogens (tertiary/aromatic N) is 4. The van der Waals surface area contributed by atoms with E-state index in [0.717, 1.165) is 11.4 Å². The van der Waals surface area contributed by atoms with Crippen LogP contribution in [-0.2, 0) is 16.1 Å². The van der Waals surface area contributed by atoms with Crippen LogP contribution in [0.25, 0.3) is 0 Å². The molecule has 0 saturated carbocycles. The number of carbonyl (C=O) groups is 2. The van der Waals surface area contributed by atoms with Crippen LogP contribution in [0.1, 0.15) is 18.5 Å². The minimum Gasteiger partial charge on any atom is -0.312 e. The molecule has 25 heavy (non-hydrogen) atoms. The maximum atomic E-state index is 12.6. The van der Waals surface area contributed by atoms with Crippen molar-refractivity contribution in [3.63, 3.8) is 0 Å². The number of aryl methyl sites for hydroxylation is 2. The van der Waals surface area contributed by atoms with Gasteiger partial charge in [-0.3, -0.25) is 9.59 Å². The third kappa shape index (κ3) is 3.69. The van der Waals surface area contributed by atoms with Crippen LogP contribution < -0.4 is 10.2 Å². The molecule has 1 aliphatic rings. The zero-order valence-corrected chi connectivity index (χ0v) is 14.0. The zero-order valence-electron chi connectivity index (χ0n) is 14.0. The van der Waals surface area contributed by atoms with Gasteiger partial charge >= 0.3 is 0 Å². The molecule has 7 heteroatoms. The van der Waals surface area contributed by atoms with E-state index in [1.165, 1.54) is 0 Å². The van der Waals surface area contributed by atoms with Gasteiger partial charge in [0.15, 0.2) is 0 Å². The molecule has 1 N–H and O–H groups in total. The second kappa shape index (κ2) is 7.18. The Hall–Kier alpha value is -3.14. The molecule has 0 unspecified atom stereocenters. The first-order valence-corrected chi connectivity index (χ1v) is 8.16. The van der Waals surface area contributed by atoms with Crippen LogP contribution in [0.15, 0.2) is 36.4 Å². The summed E-state index contributed by atoms with van der Waals surface area (Å²) in [7, 11) is 0. The molecule has 128 valence electrons. The van der Waals surface area contributed by atoms with E-state index >= 15 is 0 Å². The van der Waals surface area contributed by atoms with Crippen molar-refractivity contribution in [2.75, 3.05) is 16.8 Å². The number of nitriles is 1. The molecular weight excluding hydrogens is 318 g/mol. The predicted octanol–water partition coefficient (Wildman–Crippen LogP) is 2.10. The van der Waals surface area contributed by atoms with Crippen molar-refractivity contribution in [1.82, 2.24) is 9.78 Å². The van der Waals surface area contributed by atoms with E-state index in [-0.39, 0.29) is 18.2 Å². The van der Waals surface area contributed by atoms with Crippen LogP contribution in [0, 0.1) is 24.2 Å². The molecule has 1 saturated heterocycles. The summed E-state index contributed by atoms with van der Waals surface area (Å²) in [6.07, 6.45) is 0.500. The predicted molar refractivity (Wildman–Crippen MR) is 92.7 cm³/mol. The van der Waals surface area contributed by atoms with E-state index in [2.05, 4.69) is 16.5 Å². The number of hydrogen-bond donors (Lipinski definition) is 1. The Morgan fingerprint density at radius 1 is 1.40 bits per heavy atom. The number of carbonyl (C=O) groups excluding carboxylic acids is 2. The SMILES string of the molecule is Cc1cc(NC(=O)[C@@H]2CC(=O)N(c3ccccc3)C2)n(CCC#N)n1. The van der Waals surface area contributed by atoms with Crippen LogP contribution >= 0.6 is 0 Å². The zero-order chi connectivity index (χ0) is 17.8. The van der Waals surface area contributed by atoms with Crippen molar-refractivity contribution in [3.8, 4) is 6.07 Å². The molecule has 2 aromatic rings. The molecule has 1 atom stereocenters. The number of amides is 2. The fourth-order valence-corrected chi connectivity index (χ4v) is 2.94. The lowest BCUT2D eigenvalue weighted by Gasteiger charge is -2.16. The molecule has 0 bridgehead atoms. The summed E-state index contributed by atoms with van der Waals surface area (Å²) in [5.41, 5.74) is 1.57. The monoisotopic (exact) mass is 337 g/mol. The number of anilines is 2. The first-order chi connectivity index (χ1) is 12.1. The third-order valence-corrected chi connectivity index (χ3v) is 4.15. The summed E-state index contributed by atoms with van der Waals surface area (Å²) in [4.78, 5) is 26.5. The summed E-state index contributed by atoms with van der Waals surface area (Å²) in [5.74, 6) is -0.110. The lowest BCUT2D eigenvalue weighted by atomic mass is 10.1. The van der Waals surface area contributed by atoms with Gasteiger partial charge < -0.3 is 10.2 Å². The van der Waals surface area contributed by atoms with E-state index in [1.807, 2.05) is 37.3 Å². The van der Waals surface area contributed by atoms with Gasteiger partial charge in [0, 0.05) is 24.7 Å². The van der Waals surface area contributed by atoms with Gasteiger partial charge in [-0.25, -0.2) is 4.68 Å². The van der Waals surface area contributed by atoms with Gasteiger partial charge in [-0.1, -0.05) is 18.2 Å². The lowest BCUT2D eigenvalue weighted by molar-refractivity contribution is -0.122. The molecule has 3 rings (SSSR count). The van der Waals surface area contributed by atoms with Crippen molar-refractivity contribution in [3.05, 3.63) is 42.1 Å². The standard InChI is InChI=1S/C18H19N5O2/c1-13-10-16(23(21-13)9-5-8-19)20-18(25)14-11-17(24)22(12-14)15-6-3-2-4-7-15/h2-4,6-7,10,14H,5,9,11-12H2,1H3,(H,20,25)/t14-/m1/s1. The van der Waals surface area contributed by atoms with E-state index < -0.39 is 5.92 Å². The molecule has 2 amide bonds. The molecule has 1 aliphatic heterocycles. The summed E-state index contributed by atoms with van der Waals surface area (Å²) in [5, 5.41) is 15.9. The van der Waals surface area contributed by atoms with Gasteiger partial charge in [0.2, 0.25) is 11.8 Å². The summed E-state index contributed by atoms with van der Waals surface area (Å²) >= 11 is 0. The molecule has 0 aliphatic carbocycles. The van der Waals surface area contributed by atoms with Crippen molar-refractivity contribution in [2.45, 2.75) is 26.3 Å². The Labute approximate surface area is 145 Å². The van der Waals surface area contributed by atoms with Crippen LogP contribution in [0.2, 0.25) is 0 Å². The largest absolute Gasteiger partial charge is 0.312 e. The first kappa shape index (κ1) is 16.7. The number of aromatic nitrogens is 2. The fourth-order valence-electron chi connectivity index (χ4n) is 2.94. The smallest absolute Gasteiger partial charge is 0.230 e. The van der Waals surface area contributed by atoms with Gasteiger partial charge in [-0.05, 0) is 19.1 Å². The lowest BCUT2D eigenvalue weighted by Crippen LogP contribution is -2.28. The maximum absolute atomic E-state index is 12.6. The van der Waals surface area contributed by atoms with Crippen molar-refractivity contribution < 1.29 is 9.59 Å². The van der Waals surface area contributed by atoms with E-state index in [9.17, 15) is 9.59 Å². The van der Waals surface area contributed by atoms with Crippen LogP contribution in [-0.4, -0.2) is 28.1 Å². The Morgan fingerprint density at radius 3 is 2.88 bits per heavy atom. The second-order valence-electron chi connectivity index (χ2n) is 6.03. The van der Waals surface area contributed by atoms with Gasteiger partial charge in [0.25, 0.3) is 0 Å². The molecule has 2 heterocycles. The highest BCUT2D eigenvalue weighted by molar-refractivity contribution is 6.03. The number of para-hydroxylation sites is 1. The van der Waals surface area contributed by atoms with Crippen LogP contribution in [0.3, 0.4) is 0 Å². The molecule has 1 fully saturated rings. The minimum absolute atomic E-state index is 0.0551. The maximum Gasteiger partial charge on any atom is 0.230 e. The Morgan fingerprint density at radius 2 is 2.16 bits per heavy atom. The van der Waals surface area contributed by atoms with Crippen molar-refractivity contribution in [1.29, 1.82) is 5.26 Å². The molecule has 7 nitrogen and oxygen atoms in total. The normalized spacial score (nSPS) is 16.7. The highest BCUT2D eigenvalue weighted by atomic mass is 16.2. The van der Waals surface area contributed by atoms with Crippen molar-refractivity contribution >= 4 is 23.3 Å². The van der Waals surface area contributed by atoms with Crippen molar-refractivity contribution in [2.24, 2.45) is 5.92 Å². The van der Waals surface area contributed by atoms with Crippen LogP contribution in [0.4, 0.5) is 11.5 Å². The molecular formula is C18H19N5O2. The number of nitrogens with one attached hydrogen (secondary N) is 1. The van der Waals surface area contributed by atoms with Gasteiger partial charge in [0.1, 0.15) is 5.82 Å². The van der Waals surface area contributed by atoms with Gasteiger partial charge in [-0.15, -0.1) is 0 Å². The van der Waals surface area contributed by atoms with E-state index in [0.29, 0.717) is 25.3 Å². The molecule has 0 spiro atoms. The summed E-state index contributed by atoms with van der Waals surface area (Å²) < 4.78 is 1.61. The molecule has 1 aromatic carbocycles. The quantitative estimate of drug-likeness (QED) is 0.904. The van der Waals surface area contributed by atoms with E-state index in [1.54, 1.807) is 15.6 Å². The number of rotatable bonds is 5. The average Bonchev–Trinajstić information content (AvgIpc) is 3.16. The number of hydrogen-bond acceptors (Lipinski definition) is 4. The molecule has 1 aromatic heterocycles. The Bertz CT molecular complexity index is 822. The molecule has 0 radical (unpaired) electrons. The topological polar surface area (TPSA) is 91.0 Å². The van der Waals surface area contributed by atoms with Crippen LogP contribution in [0.5, 0.6) is 0 Å². The Balaban J connectivity index is 1.69.